The van der Waals surface area contributed by atoms with Crippen molar-refractivity contribution in [2.24, 2.45) is 5.73 Å². The van der Waals surface area contributed by atoms with Gasteiger partial charge in [0.05, 0.1) is 16.8 Å². The smallest absolute Gasteiger partial charge is 0.151 e. The van der Waals surface area contributed by atoms with Gasteiger partial charge in [-0.25, -0.2) is 8.42 Å². The van der Waals surface area contributed by atoms with Gasteiger partial charge in [0, 0.05) is 12.3 Å². The van der Waals surface area contributed by atoms with Gasteiger partial charge in [-0.05, 0) is 19.4 Å². The lowest BCUT2D eigenvalue weighted by Gasteiger charge is -2.34. The van der Waals surface area contributed by atoms with Crippen LogP contribution >= 0.6 is 12.2 Å². The molecule has 4 nitrogen and oxygen atoms in total. The SMILES string of the molecule is CCS(=O)(=O)CCN1CCCCC1C(N)=S. The minimum atomic E-state index is -2.89. The molecule has 0 spiro atoms. The van der Waals surface area contributed by atoms with Gasteiger partial charge >= 0.3 is 0 Å². The molecule has 1 atom stereocenters. The van der Waals surface area contributed by atoms with Crippen LogP contribution in [0.1, 0.15) is 26.2 Å². The van der Waals surface area contributed by atoms with Crippen molar-refractivity contribution in [1.82, 2.24) is 4.90 Å². The van der Waals surface area contributed by atoms with Gasteiger partial charge in [0.15, 0.2) is 9.84 Å². The Morgan fingerprint density at radius 1 is 1.50 bits per heavy atom. The number of rotatable bonds is 5. The molecule has 0 aliphatic carbocycles. The fraction of sp³-hybridized carbons (Fsp3) is 0.900. The summed E-state index contributed by atoms with van der Waals surface area (Å²) in [4.78, 5) is 2.60. The molecule has 0 aromatic carbocycles. The summed E-state index contributed by atoms with van der Waals surface area (Å²) in [6, 6.07) is 0.0933. The van der Waals surface area contributed by atoms with Crippen molar-refractivity contribution in [3.8, 4) is 0 Å². The van der Waals surface area contributed by atoms with Gasteiger partial charge in [0.2, 0.25) is 0 Å². The monoisotopic (exact) mass is 264 g/mol. The van der Waals surface area contributed by atoms with E-state index in [0.29, 0.717) is 11.5 Å². The molecule has 2 N–H and O–H groups in total. The van der Waals surface area contributed by atoms with Crippen LogP contribution in [0, 0.1) is 0 Å². The molecular weight excluding hydrogens is 244 g/mol. The lowest BCUT2D eigenvalue weighted by atomic mass is 10.0. The molecule has 1 aliphatic heterocycles. The second-order valence-corrected chi connectivity index (χ2v) is 7.13. The van der Waals surface area contributed by atoms with Gasteiger partial charge in [0.25, 0.3) is 0 Å². The molecule has 0 amide bonds. The summed E-state index contributed by atoms with van der Waals surface area (Å²) in [7, 11) is -2.89. The molecule has 6 heteroatoms. The highest BCUT2D eigenvalue weighted by molar-refractivity contribution is 7.91. The number of likely N-dealkylation sites (tertiary alicyclic amines) is 1. The molecule has 1 aliphatic rings. The van der Waals surface area contributed by atoms with Crippen LogP contribution in [0.15, 0.2) is 0 Å². The van der Waals surface area contributed by atoms with E-state index in [1.807, 2.05) is 0 Å². The maximum atomic E-state index is 11.4. The highest BCUT2D eigenvalue weighted by Crippen LogP contribution is 2.17. The summed E-state index contributed by atoms with van der Waals surface area (Å²) >= 11 is 5.02. The highest BCUT2D eigenvalue weighted by atomic mass is 32.2. The van der Waals surface area contributed by atoms with Gasteiger partial charge in [0.1, 0.15) is 0 Å². The van der Waals surface area contributed by atoms with E-state index in [4.69, 9.17) is 18.0 Å². The van der Waals surface area contributed by atoms with Crippen LogP contribution in [-0.2, 0) is 9.84 Å². The van der Waals surface area contributed by atoms with E-state index < -0.39 is 9.84 Å². The summed E-state index contributed by atoms with van der Waals surface area (Å²) in [5, 5.41) is 0. The maximum absolute atomic E-state index is 11.4. The van der Waals surface area contributed by atoms with Gasteiger partial charge in [-0.1, -0.05) is 25.6 Å². The Labute approximate surface area is 103 Å². The summed E-state index contributed by atoms with van der Waals surface area (Å²) in [6.07, 6.45) is 3.19. The fourth-order valence-electron chi connectivity index (χ4n) is 1.98. The number of thiocarbonyl (C=S) groups is 1. The molecule has 1 saturated heterocycles. The molecule has 1 fully saturated rings. The third-order valence-electron chi connectivity index (χ3n) is 3.07. The zero-order valence-corrected chi connectivity index (χ0v) is 11.3. The molecule has 16 heavy (non-hydrogen) atoms. The van der Waals surface area contributed by atoms with E-state index in [-0.39, 0.29) is 17.5 Å². The number of hydrogen-bond acceptors (Lipinski definition) is 4. The first-order valence-corrected chi connectivity index (χ1v) is 7.93. The average Bonchev–Trinajstić information content (AvgIpc) is 2.27. The molecule has 94 valence electrons. The standard InChI is InChI=1S/C10H20N2O2S2/c1-2-16(13,14)8-7-12-6-4-3-5-9(12)10(11)15/h9H,2-8H2,1H3,(H2,11,15). The normalized spacial score (nSPS) is 23.2. The Bertz CT molecular complexity index is 341. The number of piperidine rings is 1. The number of sulfone groups is 1. The predicted octanol–water partition coefficient (Wildman–Crippen LogP) is 0.562. The first-order chi connectivity index (χ1) is 7.46. The average molecular weight is 264 g/mol. The van der Waals surface area contributed by atoms with E-state index in [1.54, 1.807) is 6.92 Å². The number of nitrogens with two attached hydrogens (primary N) is 1. The molecule has 1 unspecified atom stereocenters. The lowest BCUT2D eigenvalue weighted by Crippen LogP contribution is -2.48. The van der Waals surface area contributed by atoms with Crippen LogP contribution in [0.2, 0.25) is 0 Å². The third-order valence-corrected chi connectivity index (χ3v) is 5.03. The summed E-state index contributed by atoms with van der Waals surface area (Å²) in [5.74, 6) is 0.418. The Kier molecular flexibility index (Phi) is 5.14. The van der Waals surface area contributed by atoms with Crippen molar-refractivity contribution < 1.29 is 8.42 Å². The van der Waals surface area contributed by atoms with E-state index in [0.717, 1.165) is 25.8 Å². The topological polar surface area (TPSA) is 63.4 Å². The zero-order valence-electron chi connectivity index (χ0n) is 9.68. The maximum Gasteiger partial charge on any atom is 0.151 e. The van der Waals surface area contributed by atoms with Crippen LogP contribution in [0.25, 0.3) is 0 Å². The highest BCUT2D eigenvalue weighted by Gasteiger charge is 2.25. The predicted molar refractivity (Wildman–Crippen MR) is 70.3 cm³/mol. The van der Waals surface area contributed by atoms with Crippen molar-refractivity contribution in [3.63, 3.8) is 0 Å². The summed E-state index contributed by atoms with van der Waals surface area (Å²) < 4.78 is 22.9. The van der Waals surface area contributed by atoms with Crippen molar-refractivity contribution >= 4 is 27.0 Å². The molecule has 0 aromatic rings. The first kappa shape index (κ1) is 13.9. The molecule has 1 rings (SSSR count). The molecule has 1 heterocycles. The van der Waals surface area contributed by atoms with Crippen LogP contribution < -0.4 is 5.73 Å². The number of hydrogen-bond donors (Lipinski definition) is 1. The Balaban J connectivity index is 2.54. The van der Waals surface area contributed by atoms with Gasteiger partial charge < -0.3 is 5.73 Å². The van der Waals surface area contributed by atoms with Gasteiger partial charge in [-0.3, -0.25) is 4.90 Å². The van der Waals surface area contributed by atoms with Crippen LogP contribution in [0.3, 0.4) is 0 Å². The van der Waals surface area contributed by atoms with E-state index in [9.17, 15) is 8.42 Å². The van der Waals surface area contributed by atoms with E-state index >= 15 is 0 Å². The fourth-order valence-corrected chi connectivity index (χ4v) is 3.05. The molecular formula is C10H20N2O2S2. The van der Waals surface area contributed by atoms with Crippen LogP contribution in [0.5, 0.6) is 0 Å². The number of nitrogens with zero attached hydrogens (tertiary/aromatic N) is 1. The second-order valence-electron chi connectivity index (χ2n) is 4.19. The van der Waals surface area contributed by atoms with Gasteiger partial charge in [-0.15, -0.1) is 0 Å². The lowest BCUT2D eigenvalue weighted by molar-refractivity contribution is 0.203. The molecule has 0 aromatic heterocycles. The molecule has 0 saturated carbocycles. The quantitative estimate of drug-likeness (QED) is 0.735. The van der Waals surface area contributed by atoms with E-state index in [2.05, 4.69) is 4.90 Å². The zero-order chi connectivity index (χ0) is 12.2. The second kappa shape index (κ2) is 5.93. The van der Waals surface area contributed by atoms with Crippen LogP contribution in [-0.4, -0.2) is 48.9 Å². The first-order valence-electron chi connectivity index (χ1n) is 5.70. The summed E-state index contributed by atoms with van der Waals surface area (Å²) in [6.45, 7) is 3.13. The third kappa shape index (κ3) is 3.99. The Morgan fingerprint density at radius 3 is 2.75 bits per heavy atom. The van der Waals surface area contributed by atoms with Crippen molar-refractivity contribution in [3.05, 3.63) is 0 Å². The summed E-state index contributed by atoms with van der Waals surface area (Å²) in [5.41, 5.74) is 5.67. The van der Waals surface area contributed by atoms with Crippen LogP contribution in [0.4, 0.5) is 0 Å². The van der Waals surface area contributed by atoms with Gasteiger partial charge in [-0.2, -0.15) is 0 Å². The Hall–Kier alpha value is -0.200. The van der Waals surface area contributed by atoms with E-state index in [1.165, 1.54) is 0 Å². The minimum Gasteiger partial charge on any atom is -0.392 e. The molecule has 0 radical (unpaired) electrons. The Morgan fingerprint density at radius 2 is 2.19 bits per heavy atom. The minimum absolute atomic E-state index is 0.0933. The van der Waals surface area contributed by atoms with Crippen molar-refractivity contribution in [2.75, 3.05) is 24.6 Å². The molecule has 0 bridgehead atoms. The van der Waals surface area contributed by atoms with Crippen molar-refractivity contribution in [1.29, 1.82) is 0 Å². The van der Waals surface area contributed by atoms with Crippen molar-refractivity contribution in [2.45, 2.75) is 32.2 Å². The largest absolute Gasteiger partial charge is 0.392 e.